The molecule has 5 rings (SSSR count). The van der Waals surface area contributed by atoms with Gasteiger partial charge < -0.3 is 10.5 Å². The van der Waals surface area contributed by atoms with Crippen molar-refractivity contribution in [1.29, 1.82) is 0 Å². The van der Waals surface area contributed by atoms with E-state index in [-0.39, 0.29) is 0 Å². The molecule has 8 nitrogen and oxygen atoms in total. The molecular formula is C21H15N7O. The maximum absolute atomic E-state index is 6.16. The van der Waals surface area contributed by atoms with Crippen LogP contribution in [0.1, 0.15) is 0 Å². The summed E-state index contributed by atoms with van der Waals surface area (Å²) >= 11 is 0. The van der Waals surface area contributed by atoms with Gasteiger partial charge in [0.15, 0.2) is 11.5 Å². The zero-order valence-electron chi connectivity index (χ0n) is 15.2. The van der Waals surface area contributed by atoms with Crippen molar-refractivity contribution >= 4 is 16.9 Å². The molecular weight excluding hydrogens is 366 g/mol. The average Bonchev–Trinajstić information content (AvgIpc) is 3.17. The minimum absolute atomic E-state index is 0.356. The molecule has 140 valence electrons. The monoisotopic (exact) mass is 381 g/mol. The molecule has 5 aromatic rings. The molecule has 0 radical (unpaired) electrons. The molecule has 0 aliphatic rings. The van der Waals surface area contributed by atoms with Crippen LogP contribution in [0.2, 0.25) is 0 Å². The van der Waals surface area contributed by atoms with E-state index in [1.807, 2.05) is 54.6 Å². The van der Waals surface area contributed by atoms with Gasteiger partial charge in [0, 0.05) is 17.8 Å². The molecule has 0 unspecified atom stereocenters. The maximum Gasteiger partial charge on any atom is 0.170 e. The molecule has 2 aromatic carbocycles. The van der Waals surface area contributed by atoms with Crippen molar-refractivity contribution in [3.63, 3.8) is 0 Å². The highest BCUT2D eigenvalue weighted by molar-refractivity contribution is 5.98. The third kappa shape index (κ3) is 3.12. The first-order chi connectivity index (χ1) is 14.3. The topological polar surface area (TPSA) is 105 Å². The number of anilines is 1. The molecule has 0 aliphatic heterocycles. The fraction of sp³-hybridized carbons (Fsp3) is 0. The van der Waals surface area contributed by atoms with E-state index >= 15 is 0 Å². The molecule has 0 fully saturated rings. The quantitative estimate of drug-likeness (QED) is 0.506. The second kappa shape index (κ2) is 7.01. The van der Waals surface area contributed by atoms with Gasteiger partial charge in [-0.2, -0.15) is 9.78 Å². The molecule has 0 atom stereocenters. The molecule has 0 saturated heterocycles. The Morgan fingerprint density at radius 3 is 2.34 bits per heavy atom. The van der Waals surface area contributed by atoms with Crippen LogP contribution in [0.5, 0.6) is 11.5 Å². The van der Waals surface area contributed by atoms with E-state index in [0.717, 1.165) is 17.1 Å². The Morgan fingerprint density at radius 1 is 0.793 bits per heavy atom. The smallest absolute Gasteiger partial charge is 0.170 e. The summed E-state index contributed by atoms with van der Waals surface area (Å²) in [6.07, 6.45) is 4.52. The molecule has 0 saturated carbocycles. The SMILES string of the molecule is Nc1ncnc2c1c(-c1ccc(Oc3ccccc3)cc1)nn2-c1ccncn1. The van der Waals surface area contributed by atoms with Gasteiger partial charge in [0.05, 0.1) is 5.39 Å². The van der Waals surface area contributed by atoms with Gasteiger partial charge in [-0.3, -0.25) is 0 Å². The van der Waals surface area contributed by atoms with Gasteiger partial charge in [-0.05, 0) is 36.4 Å². The highest BCUT2D eigenvalue weighted by atomic mass is 16.5. The second-order valence-electron chi connectivity index (χ2n) is 6.22. The Kier molecular flexibility index (Phi) is 4.06. The number of benzene rings is 2. The maximum atomic E-state index is 6.16. The molecule has 8 heteroatoms. The minimum Gasteiger partial charge on any atom is -0.457 e. The summed E-state index contributed by atoms with van der Waals surface area (Å²) in [6.45, 7) is 0. The number of fused-ring (bicyclic) bond motifs is 1. The number of nitrogens with two attached hydrogens (primary N) is 1. The second-order valence-corrected chi connectivity index (χ2v) is 6.22. The summed E-state index contributed by atoms with van der Waals surface area (Å²) < 4.78 is 7.50. The van der Waals surface area contributed by atoms with E-state index in [1.54, 1.807) is 16.9 Å². The number of nitrogen functional groups attached to an aromatic ring is 1. The minimum atomic E-state index is 0.356. The van der Waals surface area contributed by atoms with Crippen molar-refractivity contribution < 1.29 is 4.74 Å². The Labute approximate surface area is 165 Å². The number of ether oxygens (including phenoxy) is 1. The Morgan fingerprint density at radius 2 is 1.59 bits per heavy atom. The zero-order valence-corrected chi connectivity index (χ0v) is 15.2. The predicted molar refractivity (Wildman–Crippen MR) is 109 cm³/mol. The normalized spacial score (nSPS) is 10.9. The molecule has 0 spiro atoms. The van der Waals surface area contributed by atoms with Crippen LogP contribution in [-0.4, -0.2) is 29.7 Å². The zero-order chi connectivity index (χ0) is 19.6. The van der Waals surface area contributed by atoms with Crippen LogP contribution >= 0.6 is 0 Å². The lowest BCUT2D eigenvalue weighted by Crippen LogP contribution is -2.01. The van der Waals surface area contributed by atoms with Crippen molar-refractivity contribution in [3.05, 3.63) is 79.5 Å². The highest BCUT2D eigenvalue weighted by Gasteiger charge is 2.18. The summed E-state index contributed by atoms with van der Waals surface area (Å²) in [5, 5.41) is 5.38. The van der Waals surface area contributed by atoms with Gasteiger partial charge in [-0.15, -0.1) is 0 Å². The van der Waals surface area contributed by atoms with E-state index in [9.17, 15) is 0 Å². The van der Waals surface area contributed by atoms with Gasteiger partial charge >= 0.3 is 0 Å². The van der Waals surface area contributed by atoms with Crippen LogP contribution in [0, 0.1) is 0 Å². The van der Waals surface area contributed by atoms with E-state index in [2.05, 4.69) is 19.9 Å². The fourth-order valence-corrected chi connectivity index (χ4v) is 3.05. The van der Waals surface area contributed by atoms with Crippen molar-refractivity contribution in [2.75, 3.05) is 5.73 Å². The van der Waals surface area contributed by atoms with Crippen LogP contribution in [-0.2, 0) is 0 Å². The number of hydrogen-bond acceptors (Lipinski definition) is 7. The largest absolute Gasteiger partial charge is 0.457 e. The lowest BCUT2D eigenvalue weighted by atomic mass is 10.1. The van der Waals surface area contributed by atoms with Gasteiger partial charge in [0.25, 0.3) is 0 Å². The van der Waals surface area contributed by atoms with Crippen molar-refractivity contribution in [1.82, 2.24) is 29.7 Å². The van der Waals surface area contributed by atoms with Gasteiger partial charge in [-0.25, -0.2) is 19.9 Å². The van der Waals surface area contributed by atoms with Crippen LogP contribution in [0.25, 0.3) is 28.1 Å². The Bertz CT molecular complexity index is 1270. The standard InChI is InChI=1S/C21H15N7O/c22-20-18-19(14-6-8-16(9-7-14)29-15-4-2-1-3-5-15)27-28(21(18)26-13-25-20)17-10-11-23-12-24-17/h1-13H,(H2,22,25,26). The van der Waals surface area contributed by atoms with E-state index in [4.69, 9.17) is 15.6 Å². The van der Waals surface area contributed by atoms with Crippen LogP contribution in [0.3, 0.4) is 0 Å². The number of nitrogens with zero attached hydrogens (tertiary/aromatic N) is 6. The number of rotatable bonds is 4. The molecule has 29 heavy (non-hydrogen) atoms. The number of hydrogen-bond donors (Lipinski definition) is 1. The molecule has 2 N–H and O–H groups in total. The first kappa shape index (κ1) is 16.8. The summed E-state index contributed by atoms with van der Waals surface area (Å²) in [6, 6.07) is 19.0. The van der Waals surface area contributed by atoms with Crippen molar-refractivity contribution in [2.45, 2.75) is 0 Å². The summed E-state index contributed by atoms with van der Waals surface area (Å²) in [5.74, 6) is 2.45. The number of para-hydroxylation sites is 1. The number of aromatic nitrogens is 6. The fourth-order valence-electron chi connectivity index (χ4n) is 3.05. The van der Waals surface area contributed by atoms with Crippen LogP contribution in [0.4, 0.5) is 5.82 Å². The van der Waals surface area contributed by atoms with Gasteiger partial charge in [-0.1, -0.05) is 18.2 Å². The third-order valence-corrected chi connectivity index (χ3v) is 4.38. The predicted octanol–water partition coefficient (Wildman–Crippen LogP) is 3.65. The van der Waals surface area contributed by atoms with E-state index in [1.165, 1.54) is 12.7 Å². The molecule has 0 amide bonds. The molecule has 3 heterocycles. The summed E-state index contributed by atoms with van der Waals surface area (Å²) in [4.78, 5) is 16.7. The Balaban J connectivity index is 1.58. The van der Waals surface area contributed by atoms with Gasteiger partial charge in [0.1, 0.15) is 35.7 Å². The molecule has 0 aliphatic carbocycles. The van der Waals surface area contributed by atoms with E-state index in [0.29, 0.717) is 28.4 Å². The van der Waals surface area contributed by atoms with E-state index < -0.39 is 0 Å². The average molecular weight is 381 g/mol. The first-order valence-corrected chi connectivity index (χ1v) is 8.88. The summed E-state index contributed by atoms with van der Waals surface area (Å²) in [5.41, 5.74) is 8.27. The molecule has 0 bridgehead atoms. The van der Waals surface area contributed by atoms with Gasteiger partial charge in [0.2, 0.25) is 0 Å². The van der Waals surface area contributed by atoms with Crippen LogP contribution < -0.4 is 10.5 Å². The Hall–Kier alpha value is -4.33. The lowest BCUT2D eigenvalue weighted by Gasteiger charge is -2.06. The lowest BCUT2D eigenvalue weighted by molar-refractivity contribution is 0.483. The first-order valence-electron chi connectivity index (χ1n) is 8.88. The molecule has 3 aromatic heterocycles. The third-order valence-electron chi connectivity index (χ3n) is 4.38. The highest BCUT2D eigenvalue weighted by Crippen LogP contribution is 2.32. The summed E-state index contributed by atoms with van der Waals surface area (Å²) in [7, 11) is 0. The van der Waals surface area contributed by atoms with Crippen LogP contribution in [0.15, 0.2) is 79.5 Å². The van der Waals surface area contributed by atoms with Crippen molar-refractivity contribution in [2.24, 2.45) is 0 Å². The van der Waals surface area contributed by atoms with Crippen molar-refractivity contribution in [3.8, 4) is 28.6 Å².